The number of hydrogen-bond acceptors (Lipinski definition) is 1. The van der Waals surface area contributed by atoms with Gasteiger partial charge in [-0.15, -0.1) is 0 Å². The van der Waals surface area contributed by atoms with E-state index in [4.69, 9.17) is 0 Å². The molecule has 0 spiro atoms. The van der Waals surface area contributed by atoms with Gasteiger partial charge in [0.05, 0.1) is 0 Å². The van der Waals surface area contributed by atoms with E-state index < -0.39 is 0 Å². The molecule has 2 heteroatoms. The molecule has 0 bridgehead atoms. The Morgan fingerprint density at radius 1 is 1.50 bits per heavy atom. The third-order valence-electron chi connectivity index (χ3n) is 0. The van der Waals surface area contributed by atoms with Gasteiger partial charge in [-0.3, -0.25) is 0 Å². The van der Waals surface area contributed by atoms with Crippen LogP contribution in [-0.2, 0) is 0 Å². The van der Waals surface area contributed by atoms with Crippen LogP contribution >= 0.6 is 0 Å². The van der Waals surface area contributed by atoms with Gasteiger partial charge in [0, 0.05) is 0 Å². The van der Waals surface area contributed by atoms with Gasteiger partial charge in [-0.2, -0.15) is 0 Å². The van der Waals surface area contributed by atoms with Crippen LogP contribution in [0.2, 0.25) is 0 Å². The molecule has 0 amide bonds. The van der Waals surface area contributed by atoms with E-state index in [9.17, 15) is 0 Å². The van der Waals surface area contributed by atoms with Crippen molar-refractivity contribution in [2.75, 3.05) is 14.1 Å². The molecule has 0 saturated heterocycles. The Kier molecular flexibility index (Phi) is 2.41. The zero-order valence-electron chi connectivity index (χ0n) is 2.95. The monoisotopic (exact) mass is 164 g/mol. The molecule has 1 nitrogen and oxygen atoms in total. The van der Waals surface area contributed by atoms with Crippen molar-refractivity contribution in [3.05, 3.63) is 0 Å². The fourth-order valence-electron chi connectivity index (χ4n) is 0. The van der Waals surface area contributed by atoms with Crippen molar-refractivity contribution in [1.82, 2.24) is 3.12 Å². The zero-order valence-corrected chi connectivity index (χ0v) is 5.80. The molecule has 0 aliphatic carbocycles. The molecule has 18 valence electrons. The van der Waals surface area contributed by atoms with Gasteiger partial charge in [0.1, 0.15) is 0 Å². The second-order valence-corrected chi connectivity index (χ2v) is 3.45. The molecular formula is C2H6NSn+5. The topological polar surface area (TPSA) is 3.24 Å². The van der Waals surface area contributed by atoms with Crippen LogP contribution in [0.5, 0.6) is 0 Å². The summed E-state index contributed by atoms with van der Waals surface area (Å²) in [6.07, 6.45) is 0. The van der Waals surface area contributed by atoms with Crippen LogP contribution in [0, 0.1) is 0 Å². The van der Waals surface area contributed by atoms with Crippen molar-refractivity contribution in [3.63, 3.8) is 0 Å². The van der Waals surface area contributed by atoms with Crippen LogP contribution in [0.3, 0.4) is 0 Å². The zero-order chi connectivity index (χ0) is 3.58. The molecule has 0 unspecified atom stereocenters. The fraction of sp³-hybridized carbons (Fsp3) is 1.00. The van der Waals surface area contributed by atoms with Crippen molar-refractivity contribution in [2.45, 2.75) is 0 Å². The first-order valence-corrected chi connectivity index (χ1v) is 2.39. The summed E-state index contributed by atoms with van der Waals surface area (Å²) >= 11 is 1.47. The Morgan fingerprint density at radius 3 is 1.50 bits per heavy atom. The molecule has 0 N–H and O–H groups in total. The Bertz CT molecular complexity index is 10.8. The Labute approximate surface area is 40.4 Å². The van der Waals surface area contributed by atoms with Gasteiger partial charge >= 0.3 is 40.0 Å². The summed E-state index contributed by atoms with van der Waals surface area (Å²) in [4.78, 5) is 0. The third-order valence-corrected chi connectivity index (χ3v) is 0. The Hall–Kier alpha value is 0.759. The molecule has 0 saturated carbocycles. The second kappa shape index (κ2) is 2.02. The molecule has 0 rings (SSSR count). The quantitative estimate of drug-likeness (QED) is 0.440. The van der Waals surface area contributed by atoms with Crippen molar-refractivity contribution in [1.29, 1.82) is 0 Å². The number of hydrogen-bond donors (Lipinski definition) is 0. The summed E-state index contributed by atoms with van der Waals surface area (Å²) in [5.41, 5.74) is 0. The van der Waals surface area contributed by atoms with Gasteiger partial charge in [-0.25, -0.2) is 0 Å². The molecule has 0 aromatic rings. The van der Waals surface area contributed by atoms with Gasteiger partial charge in [0.2, 0.25) is 0 Å². The molecule has 0 aliphatic heterocycles. The van der Waals surface area contributed by atoms with Gasteiger partial charge in [0.25, 0.3) is 0 Å². The number of rotatable bonds is 0. The Morgan fingerprint density at radius 2 is 1.50 bits per heavy atom. The van der Waals surface area contributed by atoms with E-state index >= 15 is 0 Å². The minimum absolute atomic E-state index is 1.47. The van der Waals surface area contributed by atoms with Crippen molar-refractivity contribution < 1.29 is 0 Å². The van der Waals surface area contributed by atoms with Crippen LogP contribution in [0.1, 0.15) is 0 Å². The van der Waals surface area contributed by atoms with Gasteiger partial charge in [-0.1, -0.05) is 0 Å². The standard InChI is InChI=1S/C2H6N.Sn/c1-3-2;/h1-2H3;/q-1;+6. The summed E-state index contributed by atoms with van der Waals surface area (Å²) in [5, 5.41) is 0. The second-order valence-electron chi connectivity index (χ2n) is 0.894. The van der Waals surface area contributed by atoms with E-state index in [0.717, 1.165) is 0 Å². The molecule has 0 heterocycles. The molecule has 0 aliphatic rings. The minimum atomic E-state index is 1.47. The molecule has 0 atom stereocenters. The first-order valence-electron chi connectivity index (χ1n) is 1.12. The van der Waals surface area contributed by atoms with E-state index in [1.807, 2.05) is 14.1 Å². The summed E-state index contributed by atoms with van der Waals surface area (Å²) in [6, 6.07) is 0. The van der Waals surface area contributed by atoms with Gasteiger partial charge in [0.15, 0.2) is 0 Å². The first kappa shape index (κ1) is 4.76. The summed E-state index contributed by atoms with van der Waals surface area (Å²) in [5.74, 6) is 0. The van der Waals surface area contributed by atoms with Gasteiger partial charge < -0.3 is 0 Å². The average molecular weight is 163 g/mol. The van der Waals surface area contributed by atoms with Crippen LogP contribution in [-0.4, -0.2) is 40.0 Å². The van der Waals surface area contributed by atoms with E-state index in [-0.39, 0.29) is 0 Å². The predicted molar refractivity (Wildman–Crippen MR) is 19.4 cm³/mol. The van der Waals surface area contributed by atoms with Crippen LogP contribution < -0.4 is 0 Å². The van der Waals surface area contributed by atoms with Gasteiger partial charge in [-0.05, 0) is 0 Å². The molecule has 0 fully saturated rings. The fourth-order valence-corrected chi connectivity index (χ4v) is 0. The van der Waals surface area contributed by atoms with Crippen LogP contribution in [0.25, 0.3) is 0 Å². The summed E-state index contributed by atoms with van der Waals surface area (Å²) in [6.45, 7) is 0. The number of nitrogens with zero attached hydrogens (tertiary/aromatic N) is 1. The van der Waals surface area contributed by atoms with Crippen LogP contribution in [0.4, 0.5) is 0 Å². The molecule has 4 heavy (non-hydrogen) atoms. The van der Waals surface area contributed by atoms with Crippen molar-refractivity contribution in [2.24, 2.45) is 0 Å². The third kappa shape index (κ3) is 14.8. The molecule has 0 aromatic heterocycles. The Balaban J connectivity index is 2.32. The van der Waals surface area contributed by atoms with Crippen molar-refractivity contribution >= 4 is 22.8 Å². The maximum absolute atomic E-state index is 2.09. The normalized spacial score (nSPS) is 9.00. The summed E-state index contributed by atoms with van der Waals surface area (Å²) < 4.78 is 2.09. The molecular weight excluding hydrogens is 157 g/mol. The van der Waals surface area contributed by atoms with E-state index in [1.54, 1.807) is 0 Å². The van der Waals surface area contributed by atoms with E-state index in [2.05, 4.69) is 3.12 Å². The predicted octanol–water partition coefficient (Wildman–Crippen LogP) is -0.369. The van der Waals surface area contributed by atoms with E-state index in [0.29, 0.717) is 0 Å². The van der Waals surface area contributed by atoms with Crippen LogP contribution in [0.15, 0.2) is 0 Å². The molecule has 0 aromatic carbocycles. The van der Waals surface area contributed by atoms with Crippen molar-refractivity contribution in [3.8, 4) is 0 Å². The summed E-state index contributed by atoms with van der Waals surface area (Å²) in [7, 11) is 4.08. The first-order chi connectivity index (χ1) is 1.73. The average Bonchev–Trinajstić information content (AvgIpc) is 0.811. The maximum atomic E-state index is 2.09. The molecule has 8 radical (unpaired) electrons. The van der Waals surface area contributed by atoms with E-state index in [1.165, 1.54) is 22.8 Å². The SMILES string of the molecule is C[N](C)[Sn+5].